The fourth-order valence-electron chi connectivity index (χ4n) is 1.77. The molecule has 2 rings (SSSR count). The van der Waals surface area contributed by atoms with Gasteiger partial charge in [-0.05, 0) is 30.9 Å². The summed E-state index contributed by atoms with van der Waals surface area (Å²) in [5.74, 6) is -0.214. The molecule has 1 aliphatic rings. The molecule has 0 atom stereocenters. The summed E-state index contributed by atoms with van der Waals surface area (Å²) in [4.78, 5) is 25.8. The summed E-state index contributed by atoms with van der Waals surface area (Å²) >= 11 is 0. The van der Waals surface area contributed by atoms with Crippen LogP contribution in [0.1, 0.15) is 36.2 Å². The highest BCUT2D eigenvalue weighted by molar-refractivity contribution is 5.90. The maximum Gasteiger partial charge on any atom is 0.354 e. The van der Waals surface area contributed by atoms with Crippen LogP contribution in [-0.2, 0) is 0 Å². The van der Waals surface area contributed by atoms with E-state index >= 15 is 0 Å². The number of nitrogens with one attached hydrogen (secondary N) is 2. The number of aromatic nitrogens is 1. The number of carbonyl (C=O) groups is 2. The molecule has 0 bridgehead atoms. The zero-order valence-electron chi connectivity index (χ0n) is 10.6. The molecule has 6 nitrogen and oxygen atoms in total. The van der Waals surface area contributed by atoms with Crippen molar-refractivity contribution in [3.05, 3.63) is 24.0 Å². The Morgan fingerprint density at radius 2 is 2.16 bits per heavy atom. The summed E-state index contributed by atoms with van der Waals surface area (Å²) in [6.45, 7) is 0.656. The molecule has 0 radical (unpaired) electrons. The fraction of sp³-hybridized carbons (Fsp3) is 0.462. The molecule has 19 heavy (non-hydrogen) atoms. The number of anilines is 1. The number of pyridine rings is 1. The van der Waals surface area contributed by atoms with Crippen LogP contribution in [0, 0.1) is 5.92 Å². The molecule has 0 aromatic carbocycles. The number of carboxylic acid groups (broad SMARTS) is 1. The molecule has 102 valence electrons. The van der Waals surface area contributed by atoms with Gasteiger partial charge in [0.15, 0.2) is 0 Å². The van der Waals surface area contributed by atoms with Crippen LogP contribution in [-0.4, -0.2) is 28.6 Å². The zero-order chi connectivity index (χ0) is 13.7. The second-order valence-corrected chi connectivity index (χ2v) is 4.70. The molecule has 2 amide bonds. The first-order valence-electron chi connectivity index (χ1n) is 6.39. The summed E-state index contributed by atoms with van der Waals surface area (Å²) in [6, 6.07) is 2.58. The van der Waals surface area contributed by atoms with Gasteiger partial charge in [-0.15, -0.1) is 0 Å². The van der Waals surface area contributed by atoms with E-state index in [1.165, 1.54) is 37.6 Å². The highest BCUT2D eigenvalue weighted by Crippen LogP contribution is 2.33. The average molecular weight is 263 g/mol. The maximum atomic E-state index is 11.5. The SMILES string of the molecule is O=C(NCCCC1CC1)Nc1ccc(C(=O)O)nc1. The van der Waals surface area contributed by atoms with E-state index in [9.17, 15) is 9.59 Å². The number of hydrogen-bond acceptors (Lipinski definition) is 3. The van der Waals surface area contributed by atoms with Crippen LogP contribution in [0.2, 0.25) is 0 Å². The Bertz CT molecular complexity index is 455. The summed E-state index contributed by atoms with van der Waals surface area (Å²) in [7, 11) is 0. The van der Waals surface area contributed by atoms with Crippen molar-refractivity contribution in [3.63, 3.8) is 0 Å². The number of rotatable bonds is 6. The maximum absolute atomic E-state index is 11.5. The predicted octanol–water partition coefficient (Wildman–Crippen LogP) is 2.09. The lowest BCUT2D eigenvalue weighted by atomic mass is 10.2. The number of carboxylic acids is 1. The Balaban J connectivity index is 1.69. The van der Waals surface area contributed by atoms with Crippen molar-refractivity contribution in [3.8, 4) is 0 Å². The number of amides is 2. The van der Waals surface area contributed by atoms with E-state index in [-0.39, 0.29) is 11.7 Å². The van der Waals surface area contributed by atoms with Gasteiger partial charge in [0, 0.05) is 6.54 Å². The lowest BCUT2D eigenvalue weighted by Gasteiger charge is -2.07. The van der Waals surface area contributed by atoms with Crippen LogP contribution < -0.4 is 10.6 Å². The van der Waals surface area contributed by atoms with Crippen molar-refractivity contribution < 1.29 is 14.7 Å². The highest BCUT2D eigenvalue weighted by atomic mass is 16.4. The third kappa shape index (κ3) is 4.57. The standard InChI is InChI=1S/C13H17N3O3/c17-12(18)11-6-5-10(8-15-11)16-13(19)14-7-1-2-9-3-4-9/h5-6,8-9H,1-4,7H2,(H,17,18)(H2,14,16,19). The van der Waals surface area contributed by atoms with Crippen molar-refractivity contribution in [1.29, 1.82) is 0 Å². The van der Waals surface area contributed by atoms with Crippen molar-refractivity contribution in [2.75, 3.05) is 11.9 Å². The van der Waals surface area contributed by atoms with E-state index < -0.39 is 5.97 Å². The number of carbonyl (C=O) groups excluding carboxylic acids is 1. The van der Waals surface area contributed by atoms with Crippen LogP contribution in [0.15, 0.2) is 18.3 Å². The van der Waals surface area contributed by atoms with E-state index in [1.807, 2.05) is 0 Å². The van der Waals surface area contributed by atoms with Gasteiger partial charge in [-0.3, -0.25) is 0 Å². The van der Waals surface area contributed by atoms with Gasteiger partial charge in [0.05, 0.1) is 11.9 Å². The highest BCUT2D eigenvalue weighted by Gasteiger charge is 2.20. The minimum absolute atomic E-state index is 0.0459. The van der Waals surface area contributed by atoms with Gasteiger partial charge in [0.2, 0.25) is 0 Å². The predicted molar refractivity (Wildman–Crippen MR) is 70.2 cm³/mol. The normalized spacial score (nSPS) is 13.9. The Kier molecular flexibility index (Phi) is 4.33. The minimum Gasteiger partial charge on any atom is -0.477 e. The monoisotopic (exact) mass is 263 g/mol. The second-order valence-electron chi connectivity index (χ2n) is 4.70. The molecule has 3 N–H and O–H groups in total. The summed E-state index contributed by atoms with van der Waals surface area (Å²) in [5.41, 5.74) is 0.431. The lowest BCUT2D eigenvalue weighted by molar-refractivity contribution is 0.0690. The summed E-state index contributed by atoms with van der Waals surface area (Å²) in [6.07, 6.45) is 6.15. The first-order valence-corrected chi connectivity index (χ1v) is 6.39. The largest absolute Gasteiger partial charge is 0.477 e. The summed E-state index contributed by atoms with van der Waals surface area (Å²) in [5, 5.41) is 14.1. The van der Waals surface area contributed by atoms with Crippen LogP contribution in [0.25, 0.3) is 0 Å². The van der Waals surface area contributed by atoms with Crippen LogP contribution in [0.5, 0.6) is 0 Å². The number of hydrogen-bond donors (Lipinski definition) is 3. The molecule has 6 heteroatoms. The van der Waals surface area contributed by atoms with Gasteiger partial charge in [0.25, 0.3) is 0 Å². The van der Waals surface area contributed by atoms with Crippen molar-refractivity contribution in [2.24, 2.45) is 5.92 Å². The molecule has 1 saturated carbocycles. The van der Waals surface area contributed by atoms with Crippen LogP contribution in [0.4, 0.5) is 10.5 Å². The average Bonchev–Trinajstić information content (AvgIpc) is 3.19. The second kappa shape index (κ2) is 6.17. The topological polar surface area (TPSA) is 91.3 Å². The Morgan fingerprint density at radius 3 is 2.74 bits per heavy atom. The molecule has 0 saturated heterocycles. The van der Waals surface area contributed by atoms with Gasteiger partial charge in [-0.2, -0.15) is 0 Å². The van der Waals surface area contributed by atoms with Gasteiger partial charge < -0.3 is 15.7 Å². The van der Waals surface area contributed by atoms with E-state index in [0.717, 1.165) is 12.3 Å². The van der Waals surface area contributed by atoms with E-state index in [4.69, 9.17) is 5.11 Å². The van der Waals surface area contributed by atoms with Gasteiger partial charge in [-0.1, -0.05) is 12.8 Å². The molecule has 0 spiro atoms. The molecular weight excluding hydrogens is 246 g/mol. The van der Waals surface area contributed by atoms with Gasteiger partial charge in [-0.25, -0.2) is 14.6 Å². The minimum atomic E-state index is -1.09. The molecule has 1 aromatic heterocycles. The van der Waals surface area contributed by atoms with Gasteiger partial charge in [0.1, 0.15) is 5.69 Å². The third-order valence-electron chi connectivity index (χ3n) is 3.01. The lowest BCUT2D eigenvalue weighted by Crippen LogP contribution is -2.29. The Hall–Kier alpha value is -2.11. The van der Waals surface area contributed by atoms with Crippen LogP contribution >= 0.6 is 0 Å². The smallest absolute Gasteiger partial charge is 0.354 e. The molecule has 0 unspecified atom stereocenters. The first kappa shape index (κ1) is 13.3. The number of urea groups is 1. The fourth-order valence-corrected chi connectivity index (χ4v) is 1.77. The quantitative estimate of drug-likeness (QED) is 0.685. The van der Waals surface area contributed by atoms with Crippen molar-refractivity contribution >= 4 is 17.7 Å². The Morgan fingerprint density at radius 1 is 1.37 bits per heavy atom. The number of nitrogens with zero attached hydrogens (tertiary/aromatic N) is 1. The molecule has 1 aromatic rings. The van der Waals surface area contributed by atoms with Crippen LogP contribution in [0.3, 0.4) is 0 Å². The molecule has 1 aliphatic carbocycles. The summed E-state index contributed by atoms with van der Waals surface area (Å²) < 4.78 is 0. The molecule has 1 fully saturated rings. The van der Waals surface area contributed by atoms with E-state index in [2.05, 4.69) is 15.6 Å². The molecule has 1 heterocycles. The van der Waals surface area contributed by atoms with Gasteiger partial charge >= 0.3 is 12.0 Å². The molecule has 0 aliphatic heterocycles. The van der Waals surface area contributed by atoms with Crippen molar-refractivity contribution in [1.82, 2.24) is 10.3 Å². The number of aromatic carboxylic acids is 1. The van der Waals surface area contributed by atoms with E-state index in [0.29, 0.717) is 12.2 Å². The van der Waals surface area contributed by atoms with Crippen molar-refractivity contribution in [2.45, 2.75) is 25.7 Å². The third-order valence-corrected chi connectivity index (χ3v) is 3.01. The zero-order valence-corrected chi connectivity index (χ0v) is 10.6. The Labute approximate surface area is 111 Å². The van der Waals surface area contributed by atoms with E-state index in [1.54, 1.807) is 0 Å². The first-order chi connectivity index (χ1) is 9.15. The molecular formula is C13H17N3O3.